The molecule has 6 aliphatic heterocycles. The highest BCUT2D eigenvalue weighted by Gasteiger charge is 2.74. The van der Waals surface area contributed by atoms with Gasteiger partial charge in [-0.3, -0.25) is 14.4 Å². The van der Waals surface area contributed by atoms with Gasteiger partial charge in [0.25, 0.3) is 0 Å². The summed E-state index contributed by atoms with van der Waals surface area (Å²) in [7, 11) is 1.47. The van der Waals surface area contributed by atoms with E-state index in [0.717, 1.165) is 18.6 Å². The molecule has 18 N–H and O–H groups in total. The molecule has 0 spiro atoms. The van der Waals surface area contributed by atoms with Crippen LogP contribution in [0.2, 0.25) is 0 Å². The molecule has 4 saturated carbocycles. The Morgan fingerprint density at radius 3 is 1.68 bits per heavy atom. The molecule has 0 radical (unpaired) electrons. The summed E-state index contributed by atoms with van der Waals surface area (Å²) in [5, 5.41) is 202. The van der Waals surface area contributed by atoms with Crippen molar-refractivity contribution in [2.45, 2.75) is 304 Å². The lowest BCUT2D eigenvalue weighted by atomic mass is 9.33. The molecule has 2 unspecified atom stereocenters. The van der Waals surface area contributed by atoms with Crippen molar-refractivity contribution in [2.24, 2.45) is 50.2 Å². The molecular weight excluding hydrogens is 1520 g/mol. The van der Waals surface area contributed by atoms with Gasteiger partial charge < -0.3 is 163 Å². The van der Waals surface area contributed by atoms with Gasteiger partial charge in [-0.15, -0.1) is 0 Å². The number of carboxylic acids is 1. The smallest absolute Gasteiger partial charge is 0.331 e. The SMILES string of the molecule is COc1ccc(/C=C/C(=O)O[C@@H]2[C@H](O[C@@H]3O[C@H](COC(C)=O)[C@@H](O)[C@H](O)[C@H]3O)[C@@H](O[C@@H]3O[C@@H](C)[C@H](O[C@@H]4OC[C@@H](O[C@@H]5O[C@H](CO)[C@H](O)[C@H](O)[C@H]5O)[C@H](O)[C@H]4O)[C@@H](O)[C@H]3O)[C@H](OC(=O)[C@]34CCC(C)(C)C[C@H]3C3=CCC5[C@@]6(C)C[C@H](O)[C@H](O[C@@H]7O[C@H](CO)[C@@H](O)[C@H](O)[C@H]7O)[C@@](C)(C(=O)O)C6CC[C@@]5(C)[C@]3(CO)CC4)O[C@@H]2C)cc1. The van der Waals surface area contributed by atoms with Crippen molar-refractivity contribution in [3.63, 3.8) is 0 Å². The number of carbonyl (C=O) groups excluding carboxylic acids is 3. The summed E-state index contributed by atoms with van der Waals surface area (Å²) in [5.41, 5.74) is -5.64. The third kappa shape index (κ3) is 16.0. The summed E-state index contributed by atoms with van der Waals surface area (Å²) in [6.45, 7) is 10.0. The number of rotatable bonds is 22. The van der Waals surface area contributed by atoms with Crippen molar-refractivity contribution >= 4 is 30.0 Å². The number of ether oxygens (including phenoxy) is 15. The van der Waals surface area contributed by atoms with E-state index in [0.29, 0.717) is 30.6 Å². The first kappa shape index (κ1) is 88.5. The predicted octanol–water partition coefficient (Wildman–Crippen LogP) is -3.84. The molecule has 6 heterocycles. The van der Waals surface area contributed by atoms with E-state index < -0.39 is 297 Å². The van der Waals surface area contributed by atoms with Gasteiger partial charge in [0.2, 0.25) is 6.29 Å². The van der Waals surface area contributed by atoms with Crippen molar-refractivity contribution in [3.8, 4) is 5.75 Å². The van der Waals surface area contributed by atoms with Crippen LogP contribution in [0.4, 0.5) is 0 Å². The topological polar surface area (TPSA) is 571 Å². The summed E-state index contributed by atoms with van der Waals surface area (Å²) < 4.78 is 90.6. The highest BCUT2D eigenvalue weighted by molar-refractivity contribution is 5.87. The zero-order valence-electron chi connectivity index (χ0n) is 64.9. The van der Waals surface area contributed by atoms with Crippen molar-refractivity contribution < 1.29 is 182 Å². The fraction of sp³-hybridized carbons (Fsp3) is 0.818. The third-order valence-electron chi connectivity index (χ3n) is 27.2. The molecule has 644 valence electrons. The molecule has 37 heteroatoms. The lowest BCUT2D eigenvalue weighted by Crippen LogP contribution is -2.71. The van der Waals surface area contributed by atoms with Gasteiger partial charge >= 0.3 is 23.9 Å². The number of carboxylic acid groups (broad SMARTS) is 1. The van der Waals surface area contributed by atoms with Crippen LogP contribution in [0.15, 0.2) is 42.0 Å². The maximum atomic E-state index is 16.5. The molecule has 0 amide bonds. The van der Waals surface area contributed by atoms with Gasteiger partial charge in [-0.2, -0.15) is 0 Å². The highest BCUT2D eigenvalue weighted by atomic mass is 16.8. The molecule has 39 atom stereocenters. The average molecular weight is 1630 g/mol. The lowest BCUT2D eigenvalue weighted by molar-refractivity contribution is -0.393. The van der Waals surface area contributed by atoms with E-state index in [1.165, 1.54) is 34.0 Å². The maximum Gasteiger partial charge on any atom is 0.331 e. The standard InChI is InChI=1S/C77H114O37/c1-31-59(110-64-54(92)49(87)42(29-102-64)107-66-55(93)50(88)46(84)39(26-78)105-66)53(91)58(96)65(103-31)112-62-61(111-67-56(94)52(90)48(86)41(108-67)28-101-33(3)81)60(109-45(83)17-12-34-10-13-35(100-9)14-11-34)32(2)104-69(62)114-71(99)76-21-20-72(4,5)24-37(76)36-15-16-43-73(6)25-38(82)63(113-68-57(95)51(89)47(85)40(27-79)106-68)75(8,70(97)98)44(73)18-19-74(43,7)77(36,30-80)23-22-76/h10-15,17,31-32,37-44,46-69,78-80,82,84-96H,16,18-30H2,1-9H3,(H,97,98)/b17-12+/t31-,32+,37-,38-,39+,40+,41+,42+,43?,44?,46-,47+,48+,49-,50-,51-,52-,53-,54+,55+,56+,57+,58+,59-,60-,61-,62+,63-,64-,65-,66-,67-,68-,69-,73+,74+,75-,76-,77-/m0/s1. The number of aliphatic hydroxyl groups is 17. The van der Waals surface area contributed by atoms with Crippen LogP contribution in [0.5, 0.6) is 5.75 Å². The zero-order chi connectivity index (χ0) is 83.1. The molecule has 12 rings (SSSR count). The van der Waals surface area contributed by atoms with E-state index in [9.17, 15) is 106 Å². The minimum Gasteiger partial charge on any atom is -0.497 e. The molecule has 11 aliphatic rings. The molecule has 5 aliphatic carbocycles. The van der Waals surface area contributed by atoms with Crippen LogP contribution < -0.4 is 4.74 Å². The van der Waals surface area contributed by atoms with Gasteiger partial charge in [0.05, 0.1) is 62.7 Å². The second-order valence-electron chi connectivity index (χ2n) is 34.4. The van der Waals surface area contributed by atoms with Crippen LogP contribution in [-0.2, 0) is 85.5 Å². The van der Waals surface area contributed by atoms with Crippen LogP contribution in [0.3, 0.4) is 0 Å². The minimum atomic E-state index is -2.24. The van der Waals surface area contributed by atoms with Gasteiger partial charge in [-0.25, -0.2) is 4.79 Å². The summed E-state index contributed by atoms with van der Waals surface area (Å²) in [5.74, 6) is -5.50. The summed E-state index contributed by atoms with van der Waals surface area (Å²) >= 11 is 0. The number of fused-ring (bicyclic) bond motifs is 7. The maximum absolute atomic E-state index is 16.5. The lowest BCUT2D eigenvalue weighted by Gasteiger charge is -2.71. The third-order valence-corrected chi connectivity index (χ3v) is 27.2. The Kier molecular flexibility index (Phi) is 26.7. The number of hydrogen-bond acceptors (Lipinski definition) is 36. The normalized spacial score (nSPS) is 48.8. The highest BCUT2D eigenvalue weighted by Crippen LogP contribution is 2.76. The fourth-order valence-electron chi connectivity index (χ4n) is 20.7. The van der Waals surface area contributed by atoms with E-state index in [4.69, 9.17) is 71.1 Å². The van der Waals surface area contributed by atoms with Crippen LogP contribution >= 0.6 is 0 Å². The van der Waals surface area contributed by atoms with Crippen molar-refractivity contribution in [1.82, 2.24) is 0 Å². The molecule has 37 nitrogen and oxygen atoms in total. The predicted molar refractivity (Wildman–Crippen MR) is 379 cm³/mol. The van der Waals surface area contributed by atoms with Gasteiger partial charge in [-0.05, 0) is 136 Å². The summed E-state index contributed by atoms with van der Waals surface area (Å²) in [6, 6.07) is 6.55. The summed E-state index contributed by atoms with van der Waals surface area (Å²) in [6.07, 6.45) is -50.1. The number of benzene rings is 1. The second-order valence-corrected chi connectivity index (χ2v) is 34.4. The van der Waals surface area contributed by atoms with Crippen LogP contribution in [0, 0.1) is 50.2 Å². The fourth-order valence-corrected chi connectivity index (χ4v) is 20.7. The number of aliphatic hydroxyl groups excluding tert-OH is 17. The van der Waals surface area contributed by atoms with Crippen LogP contribution in [0.1, 0.15) is 119 Å². The Balaban J connectivity index is 0.871. The molecule has 0 bridgehead atoms. The van der Waals surface area contributed by atoms with E-state index in [1.807, 2.05) is 26.8 Å². The van der Waals surface area contributed by atoms with Crippen molar-refractivity contribution in [1.29, 1.82) is 0 Å². The number of carbonyl (C=O) groups is 4. The second kappa shape index (κ2) is 34.4. The number of methoxy groups -OCH3 is 1. The van der Waals surface area contributed by atoms with E-state index in [2.05, 4.69) is 6.92 Å². The minimum absolute atomic E-state index is 0.0461. The number of allylic oxidation sites excluding steroid dienone is 1. The molecule has 114 heavy (non-hydrogen) atoms. The first-order valence-electron chi connectivity index (χ1n) is 39.0. The van der Waals surface area contributed by atoms with Gasteiger partial charge in [0.15, 0.2) is 43.7 Å². The number of aliphatic carboxylic acids is 1. The zero-order valence-corrected chi connectivity index (χ0v) is 64.9. The molecule has 1 aromatic carbocycles. The number of esters is 3. The molecule has 0 aromatic heterocycles. The van der Waals surface area contributed by atoms with Gasteiger partial charge in [0.1, 0.15) is 134 Å². The Bertz CT molecular complexity index is 3570. The van der Waals surface area contributed by atoms with Gasteiger partial charge in [0, 0.05) is 18.4 Å². The molecule has 6 saturated heterocycles. The Morgan fingerprint density at radius 2 is 1.08 bits per heavy atom. The molecule has 1 aromatic rings. The Labute approximate surface area is 657 Å². The Morgan fingerprint density at radius 1 is 0.544 bits per heavy atom. The Hall–Kier alpha value is -4.74. The van der Waals surface area contributed by atoms with Gasteiger partial charge in [-0.1, -0.05) is 51.5 Å². The summed E-state index contributed by atoms with van der Waals surface area (Å²) in [4.78, 5) is 57.0. The average Bonchev–Trinajstić information content (AvgIpc) is 0.670. The van der Waals surface area contributed by atoms with Crippen LogP contribution in [-0.4, -0.2) is 346 Å². The first-order valence-corrected chi connectivity index (χ1v) is 39.0. The van der Waals surface area contributed by atoms with Crippen LogP contribution in [0.25, 0.3) is 6.08 Å². The van der Waals surface area contributed by atoms with E-state index >= 15 is 4.79 Å². The van der Waals surface area contributed by atoms with E-state index in [1.54, 1.807) is 24.3 Å². The first-order chi connectivity index (χ1) is 53.7. The molecular formula is C77H114O37. The largest absolute Gasteiger partial charge is 0.497 e. The van der Waals surface area contributed by atoms with Crippen molar-refractivity contribution in [2.75, 3.05) is 40.1 Å². The monoisotopic (exact) mass is 1630 g/mol. The number of hydrogen-bond donors (Lipinski definition) is 18. The van der Waals surface area contributed by atoms with Crippen molar-refractivity contribution in [3.05, 3.63) is 47.6 Å². The quantitative estimate of drug-likeness (QED) is 0.0174. The van der Waals surface area contributed by atoms with E-state index in [-0.39, 0.29) is 38.5 Å². The molecule has 10 fully saturated rings.